The molecule has 0 aliphatic heterocycles. The summed E-state index contributed by atoms with van der Waals surface area (Å²) in [6.45, 7) is 5.17. The summed E-state index contributed by atoms with van der Waals surface area (Å²) in [5.41, 5.74) is 0. The van der Waals surface area contributed by atoms with Crippen LogP contribution in [0.15, 0.2) is 35.5 Å². The SMILES string of the molecule is CCC(CNC(=NC)NCc1ncc(C)s1)Oc1ccccc1F.I. The molecule has 5 nitrogen and oxygen atoms in total. The van der Waals surface area contributed by atoms with Crippen molar-refractivity contribution in [1.82, 2.24) is 15.6 Å². The third kappa shape index (κ3) is 7.15. The maximum absolute atomic E-state index is 13.7. The number of hydrogen-bond acceptors (Lipinski definition) is 4. The number of guanidine groups is 1. The van der Waals surface area contributed by atoms with E-state index >= 15 is 0 Å². The fourth-order valence-corrected chi connectivity index (χ4v) is 2.79. The summed E-state index contributed by atoms with van der Waals surface area (Å²) in [5.74, 6) is 0.586. The van der Waals surface area contributed by atoms with Crippen LogP contribution in [-0.2, 0) is 6.54 Å². The lowest BCUT2D eigenvalue weighted by atomic mass is 10.2. The van der Waals surface area contributed by atoms with Gasteiger partial charge in [0.25, 0.3) is 0 Å². The van der Waals surface area contributed by atoms with E-state index in [2.05, 4.69) is 20.6 Å². The van der Waals surface area contributed by atoms with Crippen LogP contribution in [0.5, 0.6) is 5.75 Å². The molecule has 2 aromatic rings. The van der Waals surface area contributed by atoms with Gasteiger partial charge in [-0.1, -0.05) is 19.1 Å². The monoisotopic (exact) mass is 478 g/mol. The molecule has 0 spiro atoms. The molecule has 1 unspecified atom stereocenters. The standard InChI is InChI=1S/C17H23FN4OS.HI/c1-4-13(23-15-8-6-5-7-14(15)18)10-21-17(19-3)22-11-16-20-9-12(2)24-16;/h5-9,13H,4,10-11H2,1-3H3,(H2,19,21,22);1H. The lowest BCUT2D eigenvalue weighted by Crippen LogP contribution is -2.42. The van der Waals surface area contributed by atoms with Crippen molar-refractivity contribution in [3.8, 4) is 5.75 Å². The number of nitrogens with one attached hydrogen (secondary N) is 2. The Kier molecular flexibility index (Phi) is 9.73. The number of benzene rings is 1. The van der Waals surface area contributed by atoms with E-state index in [0.29, 0.717) is 19.0 Å². The molecule has 0 radical (unpaired) electrons. The highest BCUT2D eigenvalue weighted by atomic mass is 127. The topological polar surface area (TPSA) is 58.5 Å². The van der Waals surface area contributed by atoms with Gasteiger partial charge in [0, 0.05) is 18.1 Å². The minimum atomic E-state index is -0.349. The second-order valence-electron chi connectivity index (χ2n) is 5.25. The molecule has 25 heavy (non-hydrogen) atoms. The first-order valence-electron chi connectivity index (χ1n) is 7.89. The summed E-state index contributed by atoms with van der Waals surface area (Å²) in [4.78, 5) is 9.67. The Labute approximate surface area is 169 Å². The van der Waals surface area contributed by atoms with Crippen LogP contribution in [0.3, 0.4) is 0 Å². The summed E-state index contributed by atoms with van der Waals surface area (Å²) in [5, 5.41) is 7.42. The molecule has 2 rings (SSSR count). The molecule has 8 heteroatoms. The summed E-state index contributed by atoms with van der Waals surface area (Å²) in [6, 6.07) is 6.43. The van der Waals surface area contributed by atoms with Gasteiger partial charge >= 0.3 is 0 Å². The van der Waals surface area contributed by atoms with E-state index < -0.39 is 0 Å². The third-order valence-corrected chi connectivity index (χ3v) is 4.30. The van der Waals surface area contributed by atoms with Gasteiger partial charge in [0.15, 0.2) is 17.5 Å². The van der Waals surface area contributed by atoms with Crippen LogP contribution in [0.4, 0.5) is 4.39 Å². The lowest BCUT2D eigenvalue weighted by molar-refractivity contribution is 0.191. The van der Waals surface area contributed by atoms with Crippen molar-refractivity contribution < 1.29 is 9.13 Å². The Hall–Kier alpha value is -1.42. The lowest BCUT2D eigenvalue weighted by Gasteiger charge is -2.20. The normalized spacial score (nSPS) is 12.2. The molecule has 1 aromatic carbocycles. The number of aryl methyl sites for hydroxylation is 1. The van der Waals surface area contributed by atoms with E-state index in [1.165, 1.54) is 10.9 Å². The van der Waals surface area contributed by atoms with Gasteiger partial charge in [-0.05, 0) is 25.5 Å². The van der Waals surface area contributed by atoms with E-state index in [0.717, 1.165) is 11.4 Å². The van der Waals surface area contributed by atoms with Crippen molar-refractivity contribution in [2.24, 2.45) is 4.99 Å². The van der Waals surface area contributed by atoms with E-state index in [1.54, 1.807) is 36.6 Å². The molecule has 2 N–H and O–H groups in total. The Morgan fingerprint density at radius 3 is 2.72 bits per heavy atom. The van der Waals surface area contributed by atoms with Crippen molar-refractivity contribution in [2.45, 2.75) is 32.9 Å². The molecule has 0 amide bonds. The second kappa shape index (κ2) is 11.2. The first-order chi connectivity index (χ1) is 11.6. The molecular formula is C17H24FIN4OS. The molecule has 0 saturated heterocycles. The van der Waals surface area contributed by atoms with Crippen molar-refractivity contribution in [1.29, 1.82) is 0 Å². The molecule has 0 saturated carbocycles. The van der Waals surface area contributed by atoms with E-state index in [9.17, 15) is 4.39 Å². The second-order valence-corrected chi connectivity index (χ2v) is 6.57. The molecule has 0 bridgehead atoms. The predicted octanol–water partition coefficient (Wildman–Crippen LogP) is 3.73. The highest BCUT2D eigenvalue weighted by Gasteiger charge is 2.12. The van der Waals surface area contributed by atoms with Gasteiger partial charge in [-0.25, -0.2) is 9.37 Å². The maximum atomic E-state index is 13.7. The molecular weight excluding hydrogens is 454 g/mol. The Bertz CT molecular complexity index is 680. The zero-order valence-electron chi connectivity index (χ0n) is 14.6. The van der Waals surface area contributed by atoms with Gasteiger partial charge in [0.05, 0.1) is 13.1 Å². The minimum absolute atomic E-state index is 0. The Balaban J connectivity index is 0.00000312. The van der Waals surface area contributed by atoms with Crippen LogP contribution in [0.25, 0.3) is 0 Å². The molecule has 1 aromatic heterocycles. The fraction of sp³-hybridized carbons (Fsp3) is 0.412. The highest BCUT2D eigenvalue weighted by Crippen LogP contribution is 2.17. The number of thiazole rings is 1. The number of hydrogen-bond donors (Lipinski definition) is 2. The molecule has 1 atom stereocenters. The van der Waals surface area contributed by atoms with Crippen molar-refractivity contribution in [2.75, 3.05) is 13.6 Å². The van der Waals surface area contributed by atoms with Crippen LogP contribution < -0.4 is 15.4 Å². The number of nitrogens with zero attached hydrogens (tertiary/aromatic N) is 2. The zero-order chi connectivity index (χ0) is 17.4. The van der Waals surface area contributed by atoms with E-state index in [4.69, 9.17) is 4.74 Å². The van der Waals surface area contributed by atoms with Crippen molar-refractivity contribution in [3.63, 3.8) is 0 Å². The highest BCUT2D eigenvalue weighted by molar-refractivity contribution is 14.0. The average Bonchev–Trinajstić information content (AvgIpc) is 3.01. The Morgan fingerprint density at radius 1 is 1.36 bits per heavy atom. The van der Waals surface area contributed by atoms with Gasteiger partial charge in [-0.3, -0.25) is 4.99 Å². The first-order valence-corrected chi connectivity index (χ1v) is 8.71. The van der Waals surface area contributed by atoms with Crippen molar-refractivity contribution >= 4 is 41.3 Å². The quantitative estimate of drug-likeness (QED) is 0.362. The van der Waals surface area contributed by atoms with Gasteiger partial charge in [-0.15, -0.1) is 35.3 Å². The Morgan fingerprint density at radius 2 is 2.12 bits per heavy atom. The predicted molar refractivity (Wildman–Crippen MR) is 112 cm³/mol. The minimum Gasteiger partial charge on any atom is -0.486 e. The average molecular weight is 478 g/mol. The van der Waals surface area contributed by atoms with Crippen LogP contribution in [0.1, 0.15) is 23.2 Å². The first kappa shape index (κ1) is 21.6. The largest absolute Gasteiger partial charge is 0.486 e. The van der Waals surface area contributed by atoms with Gasteiger partial charge in [0.2, 0.25) is 0 Å². The molecule has 1 heterocycles. The molecule has 0 fully saturated rings. The van der Waals surface area contributed by atoms with Gasteiger partial charge in [0.1, 0.15) is 11.1 Å². The summed E-state index contributed by atoms with van der Waals surface area (Å²) in [7, 11) is 1.71. The number of ether oxygens (including phenoxy) is 1. The van der Waals surface area contributed by atoms with Crippen LogP contribution in [0.2, 0.25) is 0 Å². The summed E-state index contributed by atoms with van der Waals surface area (Å²) < 4.78 is 19.4. The van der Waals surface area contributed by atoms with Crippen LogP contribution in [0, 0.1) is 12.7 Å². The van der Waals surface area contributed by atoms with Gasteiger partial charge < -0.3 is 15.4 Å². The fourth-order valence-electron chi connectivity index (χ4n) is 2.06. The van der Waals surface area contributed by atoms with Crippen LogP contribution >= 0.6 is 35.3 Å². The summed E-state index contributed by atoms with van der Waals surface area (Å²) in [6.07, 6.45) is 2.46. The summed E-state index contributed by atoms with van der Waals surface area (Å²) >= 11 is 1.65. The number of aliphatic imine (C=N–C) groups is 1. The zero-order valence-corrected chi connectivity index (χ0v) is 17.7. The number of aromatic nitrogens is 1. The maximum Gasteiger partial charge on any atom is 0.191 e. The number of halogens is 2. The molecule has 0 aliphatic rings. The number of rotatable bonds is 7. The van der Waals surface area contributed by atoms with Crippen molar-refractivity contribution in [3.05, 3.63) is 46.2 Å². The van der Waals surface area contributed by atoms with Crippen LogP contribution in [-0.4, -0.2) is 30.6 Å². The molecule has 0 aliphatic carbocycles. The van der Waals surface area contributed by atoms with E-state index in [1.807, 2.05) is 20.0 Å². The third-order valence-electron chi connectivity index (χ3n) is 3.38. The molecule has 138 valence electrons. The van der Waals surface area contributed by atoms with E-state index in [-0.39, 0.29) is 41.6 Å². The van der Waals surface area contributed by atoms with Gasteiger partial charge in [-0.2, -0.15) is 0 Å². The number of para-hydroxylation sites is 1. The smallest absolute Gasteiger partial charge is 0.191 e.